The molecule has 2 aromatic rings. The van der Waals surface area contributed by atoms with Gasteiger partial charge in [-0.25, -0.2) is 0 Å². The SMILES string of the molecule is CC(=O)N(CC(=O)NCc1ccc(C)cc1)c1cccc(Cl)c1C. The second kappa shape index (κ2) is 7.97. The van der Waals surface area contributed by atoms with E-state index < -0.39 is 0 Å². The molecule has 1 N–H and O–H groups in total. The van der Waals surface area contributed by atoms with E-state index in [-0.39, 0.29) is 18.4 Å². The lowest BCUT2D eigenvalue weighted by Crippen LogP contribution is -2.40. The summed E-state index contributed by atoms with van der Waals surface area (Å²) in [5.41, 5.74) is 3.62. The molecular formula is C19H21ClN2O2. The molecule has 2 amide bonds. The normalized spacial score (nSPS) is 10.3. The fourth-order valence-electron chi connectivity index (χ4n) is 2.36. The predicted molar refractivity (Wildman–Crippen MR) is 97.2 cm³/mol. The number of nitrogens with one attached hydrogen (secondary N) is 1. The number of carbonyl (C=O) groups is 2. The molecular weight excluding hydrogens is 324 g/mol. The quantitative estimate of drug-likeness (QED) is 0.900. The first-order chi connectivity index (χ1) is 11.4. The van der Waals surface area contributed by atoms with Gasteiger partial charge in [-0.1, -0.05) is 47.5 Å². The van der Waals surface area contributed by atoms with Crippen molar-refractivity contribution in [1.82, 2.24) is 5.32 Å². The molecule has 0 aromatic heterocycles. The second-order valence-electron chi connectivity index (χ2n) is 5.75. The third kappa shape index (κ3) is 4.59. The molecule has 4 nitrogen and oxygen atoms in total. The van der Waals surface area contributed by atoms with E-state index in [1.165, 1.54) is 17.4 Å². The molecule has 0 radical (unpaired) electrons. The molecule has 5 heteroatoms. The zero-order chi connectivity index (χ0) is 17.7. The van der Waals surface area contributed by atoms with Crippen molar-refractivity contribution in [2.75, 3.05) is 11.4 Å². The number of hydrogen-bond donors (Lipinski definition) is 1. The zero-order valence-electron chi connectivity index (χ0n) is 14.1. The maximum absolute atomic E-state index is 12.2. The van der Waals surface area contributed by atoms with E-state index in [1.807, 2.05) is 38.1 Å². The fraction of sp³-hybridized carbons (Fsp3) is 0.263. The molecule has 0 fully saturated rings. The van der Waals surface area contributed by atoms with E-state index in [9.17, 15) is 9.59 Å². The van der Waals surface area contributed by atoms with Gasteiger partial charge in [-0.2, -0.15) is 0 Å². The highest BCUT2D eigenvalue weighted by Gasteiger charge is 2.18. The van der Waals surface area contributed by atoms with Gasteiger partial charge in [0.25, 0.3) is 0 Å². The Balaban J connectivity index is 2.05. The Morgan fingerprint density at radius 2 is 1.75 bits per heavy atom. The van der Waals surface area contributed by atoms with E-state index in [1.54, 1.807) is 18.2 Å². The largest absolute Gasteiger partial charge is 0.350 e. The van der Waals surface area contributed by atoms with Gasteiger partial charge in [0.1, 0.15) is 6.54 Å². The Labute approximate surface area is 147 Å². The zero-order valence-corrected chi connectivity index (χ0v) is 14.9. The number of nitrogens with zero attached hydrogens (tertiary/aromatic N) is 1. The first-order valence-corrected chi connectivity index (χ1v) is 8.11. The number of amides is 2. The maximum Gasteiger partial charge on any atom is 0.240 e. The minimum atomic E-state index is -0.217. The molecule has 0 aliphatic carbocycles. The van der Waals surface area contributed by atoms with Crippen molar-refractivity contribution in [2.45, 2.75) is 27.3 Å². The first kappa shape index (κ1) is 18.0. The van der Waals surface area contributed by atoms with Gasteiger partial charge in [-0.05, 0) is 37.1 Å². The van der Waals surface area contributed by atoms with Crippen LogP contribution in [-0.4, -0.2) is 18.4 Å². The number of benzene rings is 2. The van der Waals surface area contributed by atoms with E-state index >= 15 is 0 Å². The number of hydrogen-bond acceptors (Lipinski definition) is 2. The van der Waals surface area contributed by atoms with Gasteiger partial charge in [0.05, 0.1) is 0 Å². The summed E-state index contributed by atoms with van der Waals surface area (Å²) in [6, 6.07) is 13.3. The minimum absolute atomic E-state index is 0.0393. The Morgan fingerprint density at radius 3 is 2.38 bits per heavy atom. The third-order valence-electron chi connectivity index (χ3n) is 3.82. The molecule has 2 rings (SSSR count). The molecule has 0 aliphatic heterocycles. The summed E-state index contributed by atoms with van der Waals surface area (Å²) in [5.74, 6) is -0.420. The lowest BCUT2D eigenvalue weighted by Gasteiger charge is -2.23. The smallest absolute Gasteiger partial charge is 0.240 e. The highest BCUT2D eigenvalue weighted by atomic mass is 35.5. The predicted octanol–water partition coefficient (Wildman–Crippen LogP) is 3.63. The molecule has 0 unspecified atom stereocenters. The number of aryl methyl sites for hydroxylation is 1. The molecule has 0 heterocycles. The van der Waals surface area contributed by atoms with Crippen LogP contribution in [0.3, 0.4) is 0 Å². The van der Waals surface area contributed by atoms with E-state index in [0.29, 0.717) is 17.3 Å². The Hall–Kier alpha value is -2.33. The van der Waals surface area contributed by atoms with Gasteiger partial charge in [0.15, 0.2) is 0 Å². The van der Waals surface area contributed by atoms with E-state index in [4.69, 9.17) is 11.6 Å². The van der Waals surface area contributed by atoms with Crippen LogP contribution in [0.1, 0.15) is 23.6 Å². The van der Waals surface area contributed by atoms with Gasteiger partial charge in [-0.15, -0.1) is 0 Å². The van der Waals surface area contributed by atoms with Crippen LogP contribution in [0.25, 0.3) is 0 Å². The van der Waals surface area contributed by atoms with E-state index in [0.717, 1.165) is 11.1 Å². The molecule has 24 heavy (non-hydrogen) atoms. The summed E-state index contributed by atoms with van der Waals surface area (Å²) in [6.07, 6.45) is 0. The molecule has 0 saturated heterocycles. The van der Waals surface area contributed by atoms with Crippen molar-refractivity contribution in [3.05, 3.63) is 64.2 Å². The van der Waals surface area contributed by atoms with Crippen LogP contribution in [0, 0.1) is 13.8 Å². The minimum Gasteiger partial charge on any atom is -0.350 e. The van der Waals surface area contributed by atoms with Crippen molar-refractivity contribution in [1.29, 1.82) is 0 Å². The maximum atomic E-state index is 12.2. The number of anilines is 1. The highest BCUT2D eigenvalue weighted by Crippen LogP contribution is 2.26. The molecule has 0 atom stereocenters. The Morgan fingerprint density at radius 1 is 1.08 bits per heavy atom. The molecule has 0 bridgehead atoms. The van der Waals surface area contributed by atoms with Crippen molar-refractivity contribution in [3.8, 4) is 0 Å². The summed E-state index contributed by atoms with van der Waals surface area (Å²) in [7, 11) is 0. The van der Waals surface area contributed by atoms with E-state index in [2.05, 4.69) is 5.32 Å². The summed E-state index contributed by atoms with van der Waals surface area (Å²) in [6.45, 7) is 5.67. The molecule has 126 valence electrons. The van der Waals surface area contributed by atoms with Crippen LogP contribution in [0.15, 0.2) is 42.5 Å². The summed E-state index contributed by atoms with van der Waals surface area (Å²) in [4.78, 5) is 25.6. The van der Waals surface area contributed by atoms with Crippen LogP contribution in [0.2, 0.25) is 5.02 Å². The second-order valence-corrected chi connectivity index (χ2v) is 6.16. The van der Waals surface area contributed by atoms with Crippen molar-refractivity contribution < 1.29 is 9.59 Å². The molecule has 0 aliphatic rings. The summed E-state index contributed by atoms with van der Waals surface area (Å²) < 4.78 is 0. The third-order valence-corrected chi connectivity index (χ3v) is 4.23. The standard InChI is InChI=1S/C19H21ClN2O2/c1-13-7-9-16(10-8-13)11-21-19(24)12-22(15(3)23)18-6-4-5-17(20)14(18)2/h4-10H,11-12H2,1-3H3,(H,21,24). The van der Waals surface area contributed by atoms with Crippen LogP contribution >= 0.6 is 11.6 Å². The first-order valence-electron chi connectivity index (χ1n) is 7.74. The Bertz CT molecular complexity index is 742. The van der Waals surface area contributed by atoms with Gasteiger partial charge in [0, 0.05) is 24.2 Å². The summed E-state index contributed by atoms with van der Waals surface area (Å²) >= 11 is 6.11. The van der Waals surface area contributed by atoms with Crippen molar-refractivity contribution >= 4 is 29.1 Å². The fourth-order valence-corrected chi connectivity index (χ4v) is 2.53. The number of halogens is 1. The molecule has 2 aromatic carbocycles. The summed E-state index contributed by atoms with van der Waals surface area (Å²) in [5, 5.41) is 3.41. The monoisotopic (exact) mass is 344 g/mol. The number of rotatable bonds is 5. The lowest BCUT2D eigenvalue weighted by atomic mass is 10.1. The van der Waals surface area contributed by atoms with Gasteiger partial charge in [0.2, 0.25) is 11.8 Å². The van der Waals surface area contributed by atoms with Gasteiger partial charge >= 0.3 is 0 Å². The van der Waals surface area contributed by atoms with Crippen LogP contribution in [0.5, 0.6) is 0 Å². The number of carbonyl (C=O) groups excluding carboxylic acids is 2. The Kier molecular flexibility index (Phi) is 5.99. The van der Waals surface area contributed by atoms with Crippen LogP contribution < -0.4 is 10.2 Å². The van der Waals surface area contributed by atoms with Crippen molar-refractivity contribution in [3.63, 3.8) is 0 Å². The average Bonchev–Trinajstić information content (AvgIpc) is 2.55. The van der Waals surface area contributed by atoms with Gasteiger partial charge in [-0.3, -0.25) is 9.59 Å². The molecule has 0 spiro atoms. The topological polar surface area (TPSA) is 49.4 Å². The lowest BCUT2D eigenvalue weighted by molar-refractivity contribution is -0.123. The van der Waals surface area contributed by atoms with Crippen LogP contribution in [-0.2, 0) is 16.1 Å². The highest BCUT2D eigenvalue weighted by molar-refractivity contribution is 6.31. The van der Waals surface area contributed by atoms with Gasteiger partial charge < -0.3 is 10.2 Å². The van der Waals surface area contributed by atoms with Crippen LogP contribution in [0.4, 0.5) is 5.69 Å². The average molecular weight is 345 g/mol. The molecule has 0 saturated carbocycles. The van der Waals surface area contributed by atoms with Crippen molar-refractivity contribution in [2.24, 2.45) is 0 Å².